The normalized spacial score (nSPS) is 13.9. The van der Waals surface area contributed by atoms with E-state index in [0.717, 1.165) is 11.0 Å². The Balaban J connectivity index is 1.89. The van der Waals surface area contributed by atoms with Crippen LogP contribution < -0.4 is 5.32 Å². The molecular formula is C17H16BrN3O3. The van der Waals surface area contributed by atoms with E-state index in [0.29, 0.717) is 12.1 Å². The van der Waals surface area contributed by atoms with Crippen molar-refractivity contribution in [2.45, 2.75) is 0 Å². The summed E-state index contributed by atoms with van der Waals surface area (Å²) in [5, 5.41) is 2.99. The van der Waals surface area contributed by atoms with E-state index >= 15 is 0 Å². The van der Waals surface area contributed by atoms with E-state index in [1.54, 1.807) is 6.07 Å². The number of nitrogens with one attached hydrogen (secondary N) is 1. The van der Waals surface area contributed by atoms with Gasteiger partial charge in [-0.05, 0) is 42.2 Å². The molecule has 7 heteroatoms. The first-order valence-corrected chi connectivity index (χ1v) is 8.21. The number of fused-ring (bicyclic) bond motifs is 1. The number of Topliss-reactive ketones (excluding diaryl/α,β-unsaturated/α-hetero) is 1. The van der Waals surface area contributed by atoms with Gasteiger partial charge in [0, 0.05) is 23.6 Å². The standard InChI is InChI=1S/C17H16BrN3O3/c1-21(2)8-7-19-12-9-13(22)14-16(15(12)23)24-17(20-14)10-5-3-4-6-11(10)18/h3-6,9,19H,7-8H2,1-2H3. The fourth-order valence-electron chi connectivity index (χ4n) is 2.32. The molecule has 0 saturated carbocycles. The summed E-state index contributed by atoms with van der Waals surface area (Å²) in [5.74, 6) is -0.453. The van der Waals surface area contributed by atoms with E-state index < -0.39 is 0 Å². The molecule has 0 aliphatic heterocycles. The second-order valence-corrected chi connectivity index (χ2v) is 6.51. The molecule has 1 aliphatic rings. The number of carbonyl (C=O) groups excluding carboxylic acids is 2. The minimum Gasteiger partial charge on any atom is -0.432 e. The van der Waals surface area contributed by atoms with Crippen LogP contribution in [-0.4, -0.2) is 48.6 Å². The lowest BCUT2D eigenvalue weighted by atomic mass is 10.0. The predicted octanol–water partition coefficient (Wildman–Crippen LogP) is 2.52. The van der Waals surface area contributed by atoms with Crippen LogP contribution in [0.4, 0.5) is 0 Å². The van der Waals surface area contributed by atoms with Crippen molar-refractivity contribution in [3.8, 4) is 11.5 Å². The molecule has 0 fully saturated rings. The molecule has 1 aromatic heterocycles. The Morgan fingerprint density at radius 2 is 2.00 bits per heavy atom. The summed E-state index contributed by atoms with van der Waals surface area (Å²) in [4.78, 5) is 31.0. The topological polar surface area (TPSA) is 75.4 Å². The highest BCUT2D eigenvalue weighted by molar-refractivity contribution is 9.10. The minimum atomic E-state index is -0.353. The Morgan fingerprint density at radius 3 is 2.71 bits per heavy atom. The fraction of sp³-hybridized carbons (Fsp3) is 0.235. The number of hydrogen-bond donors (Lipinski definition) is 1. The van der Waals surface area contributed by atoms with E-state index in [4.69, 9.17) is 4.42 Å². The van der Waals surface area contributed by atoms with Gasteiger partial charge in [0.25, 0.3) is 0 Å². The zero-order chi connectivity index (χ0) is 17.3. The number of ketones is 2. The number of oxazole rings is 1. The van der Waals surface area contributed by atoms with E-state index in [9.17, 15) is 9.59 Å². The van der Waals surface area contributed by atoms with Crippen LogP contribution in [0.3, 0.4) is 0 Å². The number of benzene rings is 1. The Bertz CT molecular complexity index is 839. The number of likely N-dealkylation sites (N-methyl/N-ethyl adjacent to an activating group) is 1. The lowest BCUT2D eigenvalue weighted by Gasteiger charge is -2.14. The number of allylic oxidation sites excluding steroid dienone is 2. The SMILES string of the molecule is CN(C)CCNC1=CC(=O)c2nc(-c3ccccc3Br)oc2C1=O. The summed E-state index contributed by atoms with van der Waals surface area (Å²) in [7, 11) is 3.87. The molecular weight excluding hydrogens is 374 g/mol. The highest BCUT2D eigenvalue weighted by atomic mass is 79.9. The van der Waals surface area contributed by atoms with Crippen molar-refractivity contribution >= 4 is 27.5 Å². The van der Waals surface area contributed by atoms with Crippen LogP contribution in [0.1, 0.15) is 21.0 Å². The first kappa shape index (κ1) is 16.6. The van der Waals surface area contributed by atoms with Gasteiger partial charge in [0.2, 0.25) is 23.2 Å². The highest BCUT2D eigenvalue weighted by Gasteiger charge is 2.32. The molecule has 0 radical (unpaired) electrons. The summed E-state index contributed by atoms with van der Waals surface area (Å²) in [6.45, 7) is 1.29. The van der Waals surface area contributed by atoms with Crippen LogP contribution in [-0.2, 0) is 0 Å². The van der Waals surface area contributed by atoms with E-state index in [2.05, 4.69) is 26.2 Å². The summed E-state index contributed by atoms with van der Waals surface area (Å²) >= 11 is 3.42. The van der Waals surface area contributed by atoms with Gasteiger partial charge in [0.05, 0.1) is 11.3 Å². The van der Waals surface area contributed by atoms with Gasteiger partial charge < -0.3 is 14.6 Å². The van der Waals surface area contributed by atoms with Gasteiger partial charge in [0.1, 0.15) is 0 Å². The molecule has 0 atom stereocenters. The molecule has 124 valence electrons. The van der Waals surface area contributed by atoms with Crippen LogP contribution in [0, 0.1) is 0 Å². The van der Waals surface area contributed by atoms with Crippen LogP contribution in [0.25, 0.3) is 11.5 Å². The molecule has 1 heterocycles. The fourth-order valence-corrected chi connectivity index (χ4v) is 2.78. The molecule has 1 N–H and O–H groups in total. The summed E-state index contributed by atoms with van der Waals surface area (Å²) < 4.78 is 6.39. The molecule has 0 saturated heterocycles. The largest absolute Gasteiger partial charge is 0.432 e. The predicted molar refractivity (Wildman–Crippen MR) is 92.9 cm³/mol. The van der Waals surface area contributed by atoms with Crippen LogP contribution in [0.2, 0.25) is 0 Å². The second kappa shape index (κ2) is 6.70. The molecule has 3 rings (SSSR count). The van der Waals surface area contributed by atoms with E-state index in [-0.39, 0.29) is 34.6 Å². The molecule has 0 amide bonds. The van der Waals surface area contributed by atoms with Gasteiger partial charge in [-0.25, -0.2) is 4.98 Å². The number of aromatic nitrogens is 1. The van der Waals surface area contributed by atoms with Gasteiger partial charge >= 0.3 is 0 Å². The third kappa shape index (κ3) is 3.18. The summed E-state index contributed by atoms with van der Waals surface area (Å²) in [6, 6.07) is 7.34. The van der Waals surface area contributed by atoms with E-state index in [1.807, 2.05) is 37.2 Å². The molecule has 24 heavy (non-hydrogen) atoms. The summed E-state index contributed by atoms with van der Waals surface area (Å²) in [5.41, 5.74) is 0.989. The third-order valence-corrected chi connectivity index (χ3v) is 4.26. The van der Waals surface area contributed by atoms with Crippen molar-refractivity contribution in [3.05, 3.63) is 52.0 Å². The average molecular weight is 390 g/mol. The Hall–Kier alpha value is -2.25. The maximum atomic E-state index is 12.5. The Kier molecular flexibility index (Phi) is 4.64. The number of rotatable bonds is 5. The van der Waals surface area contributed by atoms with Crippen LogP contribution in [0.15, 0.2) is 44.9 Å². The highest BCUT2D eigenvalue weighted by Crippen LogP contribution is 2.31. The zero-order valence-electron chi connectivity index (χ0n) is 13.3. The van der Waals surface area contributed by atoms with Crippen molar-refractivity contribution in [2.24, 2.45) is 0 Å². The Morgan fingerprint density at radius 1 is 1.25 bits per heavy atom. The number of carbonyl (C=O) groups is 2. The number of hydrogen-bond acceptors (Lipinski definition) is 6. The quantitative estimate of drug-likeness (QED) is 0.846. The average Bonchev–Trinajstić information content (AvgIpc) is 2.98. The molecule has 0 unspecified atom stereocenters. The lowest BCUT2D eigenvalue weighted by molar-refractivity contribution is 0.0956. The first-order chi connectivity index (χ1) is 11.5. The van der Waals surface area contributed by atoms with Crippen molar-refractivity contribution in [3.63, 3.8) is 0 Å². The third-order valence-electron chi connectivity index (χ3n) is 3.57. The van der Waals surface area contributed by atoms with Crippen molar-refractivity contribution in [1.29, 1.82) is 0 Å². The molecule has 2 aromatic rings. The monoisotopic (exact) mass is 389 g/mol. The molecule has 0 spiro atoms. The van der Waals surface area contributed by atoms with Gasteiger partial charge in [-0.3, -0.25) is 9.59 Å². The molecule has 6 nitrogen and oxygen atoms in total. The van der Waals surface area contributed by atoms with Gasteiger partial charge in [-0.15, -0.1) is 0 Å². The van der Waals surface area contributed by atoms with Crippen molar-refractivity contribution in [1.82, 2.24) is 15.2 Å². The van der Waals surface area contributed by atoms with Gasteiger partial charge in [-0.2, -0.15) is 0 Å². The zero-order valence-corrected chi connectivity index (χ0v) is 14.9. The number of nitrogens with zero attached hydrogens (tertiary/aromatic N) is 2. The van der Waals surface area contributed by atoms with Crippen molar-refractivity contribution in [2.75, 3.05) is 27.2 Å². The number of halogens is 1. The first-order valence-electron chi connectivity index (χ1n) is 7.42. The smallest absolute Gasteiger partial charge is 0.246 e. The molecule has 1 aromatic carbocycles. The second-order valence-electron chi connectivity index (χ2n) is 5.66. The lowest BCUT2D eigenvalue weighted by Crippen LogP contribution is -2.31. The van der Waals surface area contributed by atoms with Crippen LogP contribution in [0.5, 0.6) is 0 Å². The van der Waals surface area contributed by atoms with Gasteiger partial charge in [0.15, 0.2) is 5.69 Å². The molecule has 0 bridgehead atoms. The minimum absolute atomic E-state index is 0.0133. The van der Waals surface area contributed by atoms with Crippen molar-refractivity contribution < 1.29 is 14.0 Å². The maximum Gasteiger partial charge on any atom is 0.246 e. The Labute approximate surface area is 147 Å². The van der Waals surface area contributed by atoms with Gasteiger partial charge in [-0.1, -0.05) is 12.1 Å². The van der Waals surface area contributed by atoms with Crippen LogP contribution >= 0.6 is 15.9 Å². The molecule has 1 aliphatic carbocycles. The summed E-state index contributed by atoms with van der Waals surface area (Å²) in [6.07, 6.45) is 1.28. The maximum absolute atomic E-state index is 12.5. The van der Waals surface area contributed by atoms with E-state index in [1.165, 1.54) is 6.08 Å².